The van der Waals surface area contributed by atoms with E-state index in [-0.39, 0.29) is 17.0 Å². The Balaban J connectivity index is 3.01. The highest BCUT2D eigenvalue weighted by molar-refractivity contribution is 6.30. The van der Waals surface area contributed by atoms with Crippen LogP contribution >= 0.6 is 11.6 Å². The Labute approximate surface area is 75.2 Å². The Morgan fingerprint density at radius 1 is 1.50 bits per heavy atom. The van der Waals surface area contributed by atoms with E-state index in [0.717, 1.165) is 6.07 Å². The minimum absolute atomic E-state index is 0.0226. The van der Waals surface area contributed by atoms with E-state index in [1.807, 2.05) is 0 Å². The summed E-state index contributed by atoms with van der Waals surface area (Å²) < 4.78 is 25.8. The van der Waals surface area contributed by atoms with Gasteiger partial charge in [-0.2, -0.15) is 0 Å². The standard InChI is InChI=1S/C9H8ClF2/c1-2-8(11)7-4-3-6(10)5-9(7)12/h3-5,8H,1-2H2/t8-/m1/s1. The molecule has 1 radical (unpaired) electrons. The van der Waals surface area contributed by atoms with Crippen LogP contribution < -0.4 is 0 Å². The number of rotatable bonds is 2. The van der Waals surface area contributed by atoms with Gasteiger partial charge in [-0.05, 0) is 18.6 Å². The number of alkyl halides is 1. The van der Waals surface area contributed by atoms with Gasteiger partial charge in [-0.25, -0.2) is 8.78 Å². The Hall–Kier alpha value is -0.630. The lowest BCUT2D eigenvalue weighted by atomic mass is 10.1. The van der Waals surface area contributed by atoms with Crippen molar-refractivity contribution in [3.05, 3.63) is 41.5 Å². The van der Waals surface area contributed by atoms with Crippen molar-refractivity contribution in [2.45, 2.75) is 12.6 Å². The van der Waals surface area contributed by atoms with Gasteiger partial charge < -0.3 is 0 Å². The van der Waals surface area contributed by atoms with Crippen LogP contribution in [-0.2, 0) is 0 Å². The van der Waals surface area contributed by atoms with Gasteiger partial charge in [-0.15, -0.1) is 0 Å². The van der Waals surface area contributed by atoms with Crippen molar-refractivity contribution in [2.24, 2.45) is 0 Å². The summed E-state index contributed by atoms with van der Waals surface area (Å²) in [5.41, 5.74) is 0.0226. The second-order valence-corrected chi connectivity index (χ2v) is 2.86. The first-order valence-corrected chi connectivity index (χ1v) is 3.91. The van der Waals surface area contributed by atoms with Crippen molar-refractivity contribution in [1.82, 2.24) is 0 Å². The molecule has 3 heteroatoms. The molecule has 12 heavy (non-hydrogen) atoms. The first-order valence-electron chi connectivity index (χ1n) is 3.53. The third-order valence-corrected chi connectivity index (χ3v) is 1.79. The van der Waals surface area contributed by atoms with E-state index < -0.39 is 12.0 Å². The second kappa shape index (κ2) is 3.85. The number of halogens is 3. The van der Waals surface area contributed by atoms with Crippen molar-refractivity contribution < 1.29 is 8.78 Å². The molecule has 0 spiro atoms. The SMILES string of the molecule is [CH2]C[C@@H](F)c1ccc(Cl)cc1F. The van der Waals surface area contributed by atoms with Gasteiger partial charge in [0.05, 0.1) is 0 Å². The minimum atomic E-state index is -1.35. The fourth-order valence-electron chi connectivity index (χ4n) is 0.911. The second-order valence-electron chi connectivity index (χ2n) is 2.42. The largest absolute Gasteiger partial charge is 0.242 e. The van der Waals surface area contributed by atoms with Crippen molar-refractivity contribution in [3.8, 4) is 0 Å². The van der Waals surface area contributed by atoms with Gasteiger partial charge in [0.1, 0.15) is 12.0 Å². The molecule has 1 aromatic carbocycles. The molecule has 0 unspecified atom stereocenters. The average Bonchev–Trinajstić information content (AvgIpc) is 2.03. The third kappa shape index (κ3) is 1.95. The van der Waals surface area contributed by atoms with E-state index in [1.54, 1.807) is 0 Å². The first-order chi connectivity index (χ1) is 5.65. The van der Waals surface area contributed by atoms with Crippen LogP contribution in [0.3, 0.4) is 0 Å². The van der Waals surface area contributed by atoms with Crippen molar-refractivity contribution >= 4 is 11.6 Å². The maximum atomic E-state index is 12.9. The zero-order valence-electron chi connectivity index (χ0n) is 6.36. The van der Waals surface area contributed by atoms with Crippen LogP contribution in [0.2, 0.25) is 5.02 Å². The van der Waals surface area contributed by atoms with Gasteiger partial charge in [-0.1, -0.05) is 24.6 Å². The van der Waals surface area contributed by atoms with Crippen LogP contribution in [0.15, 0.2) is 18.2 Å². The van der Waals surface area contributed by atoms with Crippen LogP contribution in [0, 0.1) is 12.7 Å². The smallest absolute Gasteiger partial charge is 0.130 e. The summed E-state index contributed by atoms with van der Waals surface area (Å²) in [5, 5.41) is 0.271. The molecule has 0 aromatic heterocycles. The molecule has 0 aliphatic carbocycles. The highest BCUT2D eigenvalue weighted by Gasteiger charge is 2.12. The molecule has 0 aliphatic heterocycles. The van der Waals surface area contributed by atoms with E-state index in [9.17, 15) is 8.78 Å². The summed E-state index contributed by atoms with van der Waals surface area (Å²) in [6.45, 7) is 3.35. The van der Waals surface area contributed by atoms with Crippen molar-refractivity contribution in [2.75, 3.05) is 0 Å². The van der Waals surface area contributed by atoms with E-state index in [4.69, 9.17) is 11.6 Å². The molecular formula is C9H8ClF2. The molecule has 0 saturated heterocycles. The Morgan fingerprint density at radius 2 is 2.17 bits per heavy atom. The molecule has 65 valence electrons. The van der Waals surface area contributed by atoms with Crippen LogP contribution in [0.25, 0.3) is 0 Å². The average molecular weight is 190 g/mol. The highest BCUT2D eigenvalue weighted by atomic mass is 35.5. The van der Waals surface area contributed by atoms with Crippen molar-refractivity contribution in [3.63, 3.8) is 0 Å². The maximum Gasteiger partial charge on any atom is 0.130 e. The minimum Gasteiger partial charge on any atom is -0.242 e. The van der Waals surface area contributed by atoms with Crippen LogP contribution in [0.4, 0.5) is 8.78 Å². The predicted octanol–water partition coefficient (Wildman–Crippen LogP) is 3.71. The molecule has 0 bridgehead atoms. The lowest BCUT2D eigenvalue weighted by Gasteiger charge is -2.06. The molecular weight excluding hydrogens is 182 g/mol. The fraction of sp³-hybridized carbons (Fsp3) is 0.222. The van der Waals surface area contributed by atoms with Gasteiger partial charge in [0.25, 0.3) is 0 Å². The first kappa shape index (κ1) is 9.46. The van der Waals surface area contributed by atoms with Gasteiger partial charge in [0, 0.05) is 10.6 Å². The predicted molar refractivity (Wildman–Crippen MR) is 45.2 cm³/mol. The van der Waals surface area contributed by atoms with E-state index in [1.165, 1.54) is 12.1 Å². The molecule has 0 fully saturated rings. The molecule has 0 amide bonds. The summed E-state index contributed by atoms with van der Waals surface area (Å²) in [6, 6.07) is 3.90. The van der Waals surface area contributed by atoms with Crippen LogP contribution in [-0.4, -0.2) is 0 Å². The van der Waals surface area contributed by atoms with Gasteiger partial charge in [0.15, 0.2) is 0 Å². The normalized spacial score (nSPS) is 13.0. The summed E-state index contributed by atoms with van der Waals surface area (Å²) in [5.74, 6) is -0.612. The summed E-state index contributed by atoms with van der Waals surface area (Å²) in [6.07, 6.45) is -1.32. The third-order valence-electron chi connectivity index (χ3n) is 1.55. The van der Waals surface area contributed by atoms with Gasteiger partial charge >= 0.3 is 0 Å². The Bertz CT molecular complexity index is 273. The Kier molecular flexibility index (Phi) is 3.04. The van der Waals surface area contributed by atoms with Gasteiger partial charge in [-0.3, -0.25) is 0 Å². The van der Waals surface area contributed by atoms with Crippen molar-refractivity contribution in [1.29, 1.82) is 0 Å². The zero-order valence-corrected chi connectivity index (χ0v) is 7.11. The highest BCUT2D eigenvalue weighted by Crippen LogP contribution is 2.25. The zero-order chi connectivity index (χ0) is 9.14. The summed E-state index contributed by atoms with van der Waals surface area (Å²) >= 11 is 5.49. The number of benzene rings is 1. The van der Waals surface area contributed by atoms with Crippen LogP contribution in [0.1, 0.15) is 18.2 Å². The molecule has 0 nitrogen and oxygen atoms in total. The number of hydrogen-bond acceptors (Lipinski definition) is 0. The molecule has 1 atom stereocenters. The maximum absolute atomic E-state index is 12.9. The Morgan fingerprint density at radius 3 is 2.67 bits per heavy atom. The topological polar surface area (TPSA) is 0 Å². The molecule has 1 aromatic rings. The molecule has 0 saturated carbocycles. The molecule has 0 N–H and O–H groups in total. The monoisotopic (exact) mass is 189 g/mol. The summed E-state index contributed by atoms with van der Waals surface area (Å²) in [4.78, 5) is 0. The fourth-order valence-corrected chi connectivity index (χ4v) is 1.07. The summed E-state index contributed by atoms with van der Waals surface area (Å²) in [7, 11) is 0. The quantitative estimate of drug-likeness (QED) is 0.665. The molecule has 0 heterocycles. The lowest BCUT2D eigenvalue weighted by Crippen LogP contribution is -1.93. The van der Waals surface area contributed by atoms with Gasteiger partial charge in [0.2, 0.25) is 0 Å². The molecule has 1 rings (SSSR count). The van der Waals surface area contributed by atoms with E-state index in [0.29, 0.717) is 0 Å². The lowest BCUT2D eigenvalue weighted by molar-refractivity contribution is 0.335. The van der Waals surface area contributed by atoms with E-state index in [2.05, 4.69) is 6.92 Å². The number of hydrogen-bond donors (Lipinski definition) is 0. The van der Waals surface area contributed by atoms with E-state index >= 15 is 0 Å². The van der Waals surface area contributed by atoms with Crippen LogP contribution in [0.5, 0.6) is 0 Å². The molecule has 0 aliphatic rings.